The molecule has 4 rings (SSSR count). The molecular weight excluding hydrogens is 448 g/mol. The molecule has 1 atom stereocenters. The Hall–Kier alpha value is -3.51. The van der Waals surface area contributed by atoms with E-state index in [1.807, 2.05) is 16.7 Å². The zero-order valence-corrected chi connectivity index (χ0v) is 18.7. The number of aromatic nitrogens is 4. The third-order valence-electron chi connectivity index (χ3n) is 5.07. The number of nitrogens with one attached hydrogen (secondary N) is 1. The lowest BCUT2D eigenvalue weighted by Crippen LogP contribution is -2.18. The standard InChI is InChI=1S/C21H22N6O5S/c1-31-18-11-15(27(29)30)4-5-17(18)23-19(28)13-33-21-25-24-20(14-6-8-22-9-7-14)26(21)12-16-3-2-10-32-16/h4-9,11,16H,2-3,10,12-13H2,1H3,(H,23,28). The van der Waals surface area contributed by atoms with E-state index >= 15 is 0 Å². The Morgan fingerprint density at radius 3 is 2.85 bits per heavy atom. The minimum atomic E-state index is -0.523. The van der Waals surface area contributed by atoms with Crippen molar-refractivity contribution in [1.29, 1.82) is 0 Å². The van der Waals surface area contributed by atoms with E-state index in [1.54, 1.807) is 12.4 Å². The third-order valence-corrected chi connectivity index (χ3v) is 6.03. The van der Waals surface area contributed by atoms with Crippen LogP contribution in [0.5, 0.6) is 5.75 Å². The first-order chi connectivity index (χ1) is 16.0. The number of hydrogen-bond donors (Lipinski definition) is 1. The number of carbonyl (C=O) groups is 1. The Morgan fingerprint density at radius 2 is 2.15 bits per heavy atom. The van der Waals surface area contributed by atoms with Gasteiger partial charge in [-0.25, -0.2) is 0 Å². The molecule has 12 heteroatoms. The van der Waals surface area contributed by atoms with Gasteiger partial charge in [0.25, 0.3) is 5.69 Å². The molecule has 1 aliphatic rings. The quantitative estimate of drug-likeness (QED) is 0.284. The number of hydrogen-bond acceptors (Lipinski definition) is 9. The monoisotopic (exact) mass is 470 g/mol. The summed E-state index contributed by atoms with van der Waals surface area (Å²) in [7, 11) is 1.39. The van der Waals surface area contributed by atoms with Crippen molar-refractivity contribution in [1.82, 2.24) is 19.7 Å². The number of thioether (sulfide) groups is 1. The molecular formula is C21H22N6O5S. The van der Waals surface area contributed by atoms with E-state index in [0.717, 1.165) is 25.0 Å². The van der Waals surface area contributed by atoms with Crippen LogP contribution in [0.15, 0.2) is 47.9 Å². The Bertz CT molecular complexity index is 1130. The number of amides is 1. The molecule has 1 unspecified atom stereocenters. The number of benzene rings is 1. The molecule has 0 radical (unpaired) electrons. The van der Waals surface area contributed by atoms with Gasteiger partial charge in [0.15, 0.2) is 11.0 Å². The van der Waals surface area contributed by atoms with Crippen molar-refractivity contribution in [3.63, 3.8) is 0 Å². The van der Waals surface area contributed by atoms with Gasteiger partial charge in [0, 0.05) is 30.6 Å². The van der Waals surface area contributed by atoms with Crippen LogP contribution in [0.25, 0.3) is 11.4 Å². The fourth-order valence-corrected chi connectivity index (χ4v) is 4.23. The molecule has 1 aromatic carbocycles. The van der Waals surface area contributed by atoms with Crippen LogP contribution in [0, 0.1) is 10.1 Å². The highest BCUT2D eigenvalue weighted by Crippen LogP contribution is 2.30. The molecule has 1 amide bonds. The number of nitro benzene ring substituents is 1. The van der Waals surface area contributed by atoms with Crippen LogP contribution >= 0.6 is 11.8 Å². The molecule has 1 saturated heterocycles. The molecule has 0 saturated carbocycles. The molecule has 0 bridgehead atoms. The van der Waals surface area contributed by atoms with Crippen molar-refractivity contribution in [3.05, 3.63) is 52.8 Å². The van der Waals surface area contributed by atoms with E-state index < -0.39 is 4.92 Å². The number of ether oxygens (including phenoxy) is 2. The zero-order chi connectivity index (χ0) is 23.2. The molecule has 1 aliphatic heterocycles. The molecule has 1 fully saturated rings. The van der Waals surface area contributed by atoms with Gasteiger partial charge in [-0.05, 0) is 31.0 Å². The molecule has 3 heterocycles. The molecule has 3 aromatic rings. The van der Waals surface area contributed by atoms with E-state index in [2.05, 4.69) is 20.5 Å². The number of nitrogens with zero attached hydrogens (tertiary/aromatic N) is 5. The first-order valence-corrected chi connectivity index (χ1v) is 11.2. The minimum Gasteiger partial charge on any atom is -0.494 e. The largest absolute Gasteiger partial charge is 0.494 e. The first kappa shape index (κ1) is 22.7. The Labute approximate surface area is 193 Å². The normalized spacial score (nSPS) is 15.4. The van der Waals surface area contributed by atoms with Crippen LogP contribution in [0.1, 0.15) is 12.8 Å². The van der Waals surface area contributed by atoms with Gasteiger partial charge in [-0.3, -0.25) is 24.5 Å². The second kappa shape index (κ2) is 10.4. The van der Waals surface area contributed by atoms with Crippen LogP contribution in [0.2, 0.25) is 0 Å². The highest BCUT2D eigenvalue weighted by molar-refractivity contribution is 7.99. The number of non-ortho nitro benzene ring substituents is 1. The van der Waals surface area contributed by atoms with E-state index in [1.165, 1.54) is 37.1 Å². The average Bonchev–Trinajstić information content (AvgIpc) is 3.49. The van der Waals surface area contributed by atoms with E-state index in [9.17, 15) is 14.9 Å². The van der Waals surface area contributed by atoms with Gasteiger partial charge < -0.3 is 14.8 Å². The fraction of sp³-hybridized carbons (Fsp3) is 0.333. The number of carbonyl (C=O) groups excluding carboxylic acids is 1. The molecule has 172 valence electrons. The Kier molecular flexibility index (Phi) is 7.15. The van der Waals surface area contributed by atoms with Crippen molar-refractivity contribution in [3.8, 4) is 17.1 Å². The SMILES string of the molecule is COc1cc([N+](=O)[O-])ccc1NC(=O)CSc1nnc(-c2ccncc2)n1CC1CCCO1. The maximum Gasteiger partial charge on any atom is 0.273 e. The third kappa shape index (κ3) is 5.46. The van der Waals surface area contributed by atoms with Gasteiger partial charge >= 0.3 is 0 Å². The molecule has 0 spiro atoms. The summed E-state index contributed by atoms with van der Waals surface area (Å²) in [6, 6.07) is 7.74. The minimum absolute atomic E-state index is 0.0686. The van der Waals surface area contributed by atoms with Gasteiger partial charge in [-0.2, -0.15) is 0 Å². The molecule has 33 heavy (non-hydrogen) atoms. The van der Waals surface area contributed by atoms with E-state index in [0.29, 0.717) is 23.2 Å². The van der Waals surface area contributed by atoms with Crippen molar-refractivity contribution in [2.45, 2.75) is 30.6 Å². The molecule has 11 nitrogen and oxygen atoms in total. The number of pyridine rings is 1. The van der Waals surface area contributed by atoms with Crippen LogP contribution in [-0.2, 0) is 16.1 Å². The van der Waals surface area contributed by atoms with Crippen molar-refractivity contribution in [2.24, 2.45) is 0 Å². The summed E-state index contributed by atoms with van der Waals surface area (Å²) in [4.78, 5) is 27.1. The molecule has 2 aromatic heterocycles. The number of nitro groups is 1. The molecule has 0 aliphatic carbocycles. The number of methoxy groups -OCH3 is 1. The fourth-order valence-electron chi connectivity index (χ4n) is 3.48. The summed E-state index contributed by atoms with van der Waals surface area (Å²) < 4.78 is 12.9. The van der Waals surface area contributed by atoms with Crippen molar-refractivity contribution in [2.75, 3.05) is 24.8 Å². The predicted molar refractivity (Wildman–Crippen MR) is 121 cm³/mol. The summed E-state index contributed by atoms with van der Waals surface area (Å²) in [5, 5.41) is 22.9. The number of anilines is 1. The highest BCUT2D eigenvalue weighted by atomic mass is 32.2. The summed E-state index contributed by atoms with van der Waals surface area (Å²) in [6.45, 7) is 1.32. The van der Waals surface area contributed by atoms with Crippen LogP contribution < -0.4 is 10.1 Å². The lowest BCUT2D eigenvalue weighted by molar-refractivity contribution is -0.384. The van der Waals surface area contributed by atoms with Crippen molar-refractivity contribution >= 4 is 29.0 Å². The number of rotatable bonds is 9. The molecule has 1 N–H and O–H groups in total. The van der Waals surface area contributed by atoms with Crippen LogP contribution in [0.4, 0.5) is 11.4 Å². The zero-order valence-electron chi connectivity index (χ0n) is 17.8. The lowest BCUT2D eigenvalue weighted by Gasteiger charge is -2.15. The second-order valence-corrected chi connectivity index (χ2v) is 8.21. The van der Waals surface area contributed by atoms with Gasteiger partial charge in [-0.15, -0.1) is 10.2 Å². The maximum atomic E-state index is 12.6. The second-order valence-electron chi connectivity index (χ2n) is 7.27. The van der Waals surface area contributed by atoms with Gasteiger partial charge in [0.2, 0.25) is 5.91 Å². The summed E-state index contributed by atoms with van der Waals surface area (Å²) in [5.41, 5.74) is 1.11. The topological polar surface area (TPSA) is 134 Å². The first-order valence-electron chi connectivity index (χ1n) is 10.3. The Balaban J connectivity index is 1.48. The summed E-state index contributed by atoms with van der Waals surface area (Å²) in [5.74, 6) is 0.668. The summed E-state index contributed by atoms with van der Waals surface area (Å²) >= 11 is 1.25. The predicted octanol–water partition coefficient (Wildman–Crippen LogP) is 3.17. The van der Waals surface area contributed by atoms with Crippen molar-refractivity contribution < 1.29 is 19.2 Å². The average molecular weight is 471 g/mol. The summed E-state index contributed by atoms with van der Waals surface area (Å²) in [6.07, 6.45) is 5.42. The highest BCUT2D eigenvalue weighted by Gasteiger charge is 2.22. The van der Waals surface area contributed by atoms with E-state index in [4.69, 9.17) is 9.47 Å². The van der Waals surface area contributed by atoms with E-state index in [-0.39, 0.29) is 29.2 Å². The van der Waals surface area contributed by atoms with Crippen LogP contribution in [-0.4, -0.2) is 56.2 Å². The van der Waals surface area contributed by atoms with Gasteiger partial charge in [0.05, 0.1) is 42.2 Å². The lowest BCUT2D eigenvalue weighted by atomic mass is 10.2. The van der Waals surface area contributed by atoms with Gasteiger partial charge in [0.1, 0.15) is 5.75 Å². The smallest absolute Gasteiger partial charge is 0.273 e. The van der Waals surface area contributed by atoms with Gasteiger partial charge in [-0.1, -0.05) is 11.8 Å². The van der Waals surface area contributed by atoms with Crippen LogP contribution in [0.3, 0.4) is 0 Å². The Morgan fingerprint density at radius 1 is 1.33 bits per heavy atom. The maximum absolute atomic E-state index is 12.6.